The molecule has 0 aliphatic heterocycles. The lowest BCUT2D eigenvalue weighted by Crippen LogP contribution is -1.94. The monoisotopic (exact) mass is 313 g/mol. The molecule has 4 rings (SSSR count). The highest BCUT2D eigenvalue weighted by Crippen LogP contribution is 2.31. The van der Waals surface area contributed by atoms with Crippen molar-refractivity contribution in [3.05, 3.63) is 83.9 Å². The fourth-order valence-corrected chi connectivity index (χ4v) is 3.22. The standard InChI is InChI=1S/C21H19N3/c1-3-8-16(9-4-1)10-7-13-18-14-15-19-21(23-24-22-19)20(18)17-11-5-2-6-12-17/h1-6,8-9,11-12,14-15H,7,10,13H2,(H,22,23,24). The van der Waals surface area contributed by atoms with E-state index in [-0.39, 0.29) is 0 Å². The zero-order chi connectivity index (χ0) is 16.2. The molecule has 1 aromatic heterocycles. The second-order valence-electron chi connectivity index (χ2n) is 6.01. The Kier molecular flexibility index (Phi) is 4.07. The van der Waals surface area contributed by atoms with Crippen LogP contribution in [-0.2, 0) is 12.8 Å². The zero-order valence-electron chi connectivity index (χ0n) is 13.4. The van der Waals surface area contributed by atoms with Gasteiger partial charge in [0.25, 0.3) is 0 Å². The van der Waals surface area contributed by atoms with Crippen molar-refractivity contribution in [3.63, 3.8) is 0 Å². The summed E-state index contributed by atoms with van der Waals surface area (Å²) in [5.74, 6) is 0. The second kappa shape index (κ2) is 6.67. The zero-order valence-corrected chi connectivity index (χ0v) is 13.4. The summed E-state index contributed by atoms with van der Waals surface area (Å²) in [4.78, 5) is 0. The van der Waals surface area contributed by atoms with Crippen LogP contribution in [-0.4, -0.2) is 15.4 Å². The number of benzene rings is 3. The van der Waals surface area contributed by atoms with Gasteiger partial charge >= 0.3 is 0 Å². The molecule has 0 aliphatic carbocycles. The maximum absolute atomic E-state index is 4.32. The number of aromatic nitrogens is 3. The number of rotatable bonds is 5. The molecule has 24 heavy (non-hydrogen) atoms. The largest absolute Gasteiger partial charge is 0.258 e. The number of nitrogens with one attached hydrogen (secondary N) is 1. The van der Waals surface area contributed by atoms with Crippen molar-refractivity contribution in [2.45, 2.75) is 19.3 Å². The van der Waals surface area contributed by atoms with E-state index in [2.05, 4.69) is 82.1 Å². The Morgan fingerprint density at radius 1 is 0.750 bits per heavy atom. The van der Waals surface area contributed by atoms with Crippen molar-refractivity contribution in [1.29, 1.82) is 0 Å². The maximum atomic E-state index is 4.32. The third kappa shape index (κ3) is 2.93. The lowest BCUT2D eigenvalue weighted by atomic mass is 9.94. The first kappa shape index (κ1) is 14.6. The van der Waals surface area contributed by atoms with Gasteiger partial charge in [-0.3, -0.25) is 5.10 Å². The van der Waals surface area contributed by atoms with Gasteiger partial charge in [0.1, 0.15) is 5.52 Å². The molecule has 0 saturated heterocycles. The van der Waals surface area contributed by atoms with Gasteiger partial charge in [0, 0.05) is 5.56 Å². The molecule has 0 saturated carbocycles. The highest BCUT2D eigenvalue weighted by atomic mass is 15.3. The van der Waals surface area contributed by atoms with Crippen LogP contribution in [0.25, 0.3) is 22.2 Å². The van der Waals surface area contributed by atoms with Crippen molar-refractivity contribution in [1.82, 2.24) is 15.4 Å². The summed E-state index contributed by atoms with van der Waals surface area (Å²) < 4.78 is 0. The fourth-order valence-electron chi connectivity index (χ4n) is 3.22. The summed E-state index contributed by atoms with van der Waals surface area (Å²) in [5.41, 5.74) is 7.07. The molecule has 0 atom stereocenters. The topological polar surface area (TPSA) is 41.6 Å². The molecule has 0 unspecified atom stereocenters. The molecule has 3 aromatic carbocycles. The first-order chi connectivity index (χ1) is 11.9. The molecule has 1 N–H and O–H groups in total. The Morgan fingerprint density at radius 3 is 2.29 bits per heavy atom. The molecule has 1 heterocycles. The minimum Gasteiger partial charge on any atom is -0.258 e. The Labute approximate surface area is 141 Å². The first-order valence-corrected chi connectivity index (χ1v) is 8.34. The molecule has 0 spiro atoms. The summed E-state index contributed by atoms with van der Waals surface area (Å²) >= 11 is 0. The van der Waals surface area contributed by atoms with Crippen LogP contribution in [0.4, 0.5) is 0 Å². The summed E-state index contributed by atoms with van der Waals surface area (Å²) in [6, 6.07) is 25.4. The maximum Gasteiger partial charge on any atom is 0.121 e. The molecule has 0 radical (unpaired) electrons. The quantitative estimate of drug-likeness (QED) is 0.575. The summed E-state index contributed by atoms with van der Waals surface area (Å²) in [5, 5.41) is 11.3. The van der Waals surface area contributed by atoms with Crippen molar-refractivity contribution in [3.8, 4) is 11.1 Å². The molecule has 0 aliphatic rings. The second-order valence-corrected chi connectivity index (χ2v) is 6.01. The van der Waals surface area contributed by atoms with Gasteiger partial charge in [-0.1, -0.05) is 71.9 Å². The van der Waals surface area contributed by atoms with Crippen molar-refractivity contribution >= 4 is 11.0 Å². The summed E-state index contributed by atoms with van der Waals surface area (Å²) in [7, 11) is 0. The van der Waals surface area contributed by atoms with E-state index >= 15 is 0 Å². The lowest BCUT2D eigenvalue weighted by molar-refractivity contribution is 0.822. The van der Waals surface area contributed by atoms with Crippen molar-refractivity contribution in [2.75, 3.05) is 0 Å². The van der Waals surface area contributed by atoms with Gasteiger partial charge in [0.2, 0.25) is 0 Å². The molecule has 0 amide bonds. The van der Waals surface area contributed by atoms with E-state index < -0.39 is 0 Å². The molecule has 3 nitrogen and oxygen atoms in total. The van der Waals surface area contributed by atoms with Gasteiger partial charge < -0.3 is 0 Å². The molecule has 0 bridgehead atoms. The van der Waals surface area contributed by atoms with Gasteiger partial charge in [0.05, 0.1) is 5.52 Å². The van der Waals surface area contributed by atoms with E-state index in [0.29, 0.717) is 0 Å². The molecule has 118 valence electrons. The normalized spacial score (nSPS) is 11.0. The van der Waals surface area contributed by atoms with E-state index in [1.54, 1.807) is 0 Å². The third-order valence-corrected chi connectivity index (χ3v) is 4.40. The number of nitrogens with zero attached hydrogens (tertiary/aromatic N) is 2. The minimum atomic E-state index is 0.957. The summed E-state index contributed by atoms with van der Waals surface area (Å²) in [6.07, 6.45) is 3.24. The van der Waals surface area contributed by atoms with Crippen LogP contribution < -0.4 is 0 Å². The molecule has 0 fully saturated rings. The molecule has 3 heteroatoms. The van der Waals surface area contributed by atoms with Gasteiger partial charge in [-0.25, -0.2) is 0 Å². The van der Waals surface area contributed by atoms with E-state index in [1.165, 1.54) is 22.3 Å². The van der Waals surface area contributed by atoms with Crippen molar-refractivity contribution in [2.24, 2.45) is 0 Å². The van der Waals surface area contributed by atoms with Gasteiger partial charge in [0.15, 0.2) is 0 Å². The Bertz CT molecular complexity index is 927. The van der Waals surface area contributed by atoms with E-state index in [9.17, 15) is 0 Å². The van der Waals surface area contributed by atoms with E-state index in [4.69, 9.17) is 0 Å². The average molecular weight is 313 g/mol. The van der Waals surface area contributed by atoms with Crippen LogP contribution in [0.1, 0.15) is 17.5 Å². The van der Waals surface area contributed by atoms with Gasteiger partial charge in [-0.05, 0) is 42.0 Å². The number of aromatic amines is 1. The molecular weight excluding hydrogens is 294 g/mol. The Morgan fingerprint density at radius 2 is 1.50 bits per heavy atom. The highest BCUT2D eigenvalue weighted by molar-refractivity contribution is 5.93. The van der Waals surface area contributed by atoms with Crippen molar-refractivity contribution < 1.29 is 0 Å². The van der Waals surface area contributed by atoms with Crippen LogP contribution in [0, 0.1) is 0 Å². The number of aryl methyl sites for hydroxylation is 2. The smallest absolute Gasteiger partial charge is 0.121 e. The first-order valence-electron chi connectivity index (χ1n) is 8.34. The predicted octanol–water partition coefficient (Wildman–Crippen LogP) is 4.80. The van der Waals surface area contributed by atoms with Gasteiger partial charge in [-0.15, -0.1) is 5.10 Å². The number of hydrogen-bond acceptors (Lipinski definition) is 2. The van der Waals surface area contributed by atoms with Crippen LogP contribution in [0.2, 0.25) is 0 Å². The number of hydrogen-bond donors (Lipinski definition) is 1. The van der Waals surface area contributed by atoms with E-state index in [0.717, 1.165) is 30.3 Å². The van der Waals surface area contributed by atoms with Crippen LogP contribution in [0.15, 0.2) is 72.8 Å². The average Bonchev–Trinajstić information content (AvgIpc) is 3.12. The lowest BCUT2D eigenvalue weighted by Gasteiger charge is -2.10. The minimum absolute atomic E-state index is 0.957. The Hall–Kier alpha value is -2.94. The number of H-pyrrole nitrogens is 1. The van der Waals surface area contributed by atoms with Crippen LogP contribution >= 0.6 is 0 Å². The van der Waals surface area contributed by atoms with Crippen LogP contribution in [0.3, 0.4) is 0 Å². The third-order valence-electron chi connectivity index (χ3n) is 4.40. The Balaban J connectivity index is 1.65. The summed E-state index contributed by atoms with van der Waals surface area (Å²) in [6.45, 7) is 0. The predicted molar refractivity (Wildman–Crippen MR) is 97.8 cm³/mol. The highest BCUT2D eigenvalue weighted by Gasteiger charge is 2.12. The van der Waals surface area contributed by atoms with Crippen LogP contribution in [0.5, 0.6) is 0 Å². The molecule has 4 aromatic rings. The van der Waals surface area contributed by atoms with Gasteiger partial charge in [-0.2, -0.15) is 0 Å². The molecular formula is C21H19N3. The van der Waals surface area contributed by atoms with E-state index in [1.807, 2.05) is 6.07 Å². The SMILES string of the molecule is c1ccc(CCCc2ccc3[nH]nnc3c2-c2ccccc2)cc1. The fraction of sp³-hybridized carbons (Fsp3) is 0.143. The number of fused-ring (bicyclic) bond motifs is 1.